The van der Waals surface area contributed by atoms with Gasteiger partial charge in [0.25, 0.3) is 5.91 Å². The average molecular weight is 479 g/mol. The molecule has 0 bridgehead atoms. The molecule has 11 heteroatoms. The second kappa shape index (κ2) is 8.33. The summed E-state index contributed by atoms with van der Waals surface area (Å²) in [4.78, 5) is 39.2. The summed E-state index contributed by atoms with van der Waals surface area (Å²) in [5.74, 6) is 0.657. The van der Waals surface area contributed by atoms with Crippen molar-refractivity contribution in [2.45, 2.75) is 38.6 Å². The van der Waals surface area contributed by atoms with Crippen LogP contribution in [0.4, 0.5) is 10.3 Å². The number of aryl methyl sites for hydroxylation is 2. The number of piperidine rings is 1. The Morgan fingerprint density at radius 3 is 2.83 bits per heavy atom. The molecule has 0 radical (unpaired) electrons. The predicted octanol–water partition coefficient (Wildman–Crippen LogP) is 2.63. The van der Waals surface area contributed by atoms with Crippen molar-refractivity contribution in [3.63, 3.8) is 0 Å². The van der Waals surface area contributed by atoms with Gasteiger partial charge >= 0.3 is 0 Å². The molecule has 182 valence electrons. The highest BCUT2D eigenvalue weighted by Gasteiger charge is 2.57. The van der Waals surface area contributed by atoms with Gasteiger partial charge < -0.3 is 4.90 Å². The molecule has 2 saturated heterocycles. The van der Waals surface area contributed by atoms with Crippen LogP contribution in [0.3, 0.4) is 0 Å². The maximum Gasteiger partial charge on any atom is 0.250 e. The number of amides is 1. The maximum absolute atomic E-state index is 14.2. The number of carbonyl (C=O) groups excluding carboxylic acids is 1. The predicted molar refractivity (Wildman–Crippen MR) is 123 cm³/mol. The Hall–Kier alpha value is -3.47. The third-order valence-corrected chi connectivity index (χ3v) is 7.57. The monoisotopic (exact) mass is 478 g/mol. The molecule has 6 rings (SSSR count). The molecule has 0 N–H and O–H groups in total. The lowest BCUT2D eigenvalue weighted by atomic mass is 9.81. The number of carbonyl (C=O) groups is 1. The van der Waals surface area contributed by atoms with Gasteiger partial charge in [-0.05, 0) is 49.3 Å². The Morgan fingerprint density at radius 2 is 2.09 bits per heavy atom. The van der Waals surface area contributed by atoms with Gasteiger partial charge in [-0.1, -0.05) is 0 Å². The Labute approximate surface area is 202 Å². The van der Waals surface area contributed by atoms with Gasteiger partial charge in [0.2, 0.25) is 5.95 Å². The van der Waals surface area contributed by atoms with Crippen LogP contribution >= 0.6 is 0 Å². The number of hydrogen-bond acceptors (Lipinski definition) is 8. The van der Waals surface area contributed by atoms with E-state index in [9.17, 15) is 9.18 Å². The van der Waals surface area contributed by atoms with Gasteiger partial charge in [0.05, 0.1) is 18.3 Å². The summed E-state index contributed by atoms with van der Waals surface area (Å²) >= 11 is 0. The number of hydrogen-bond donors (Lipinski definition) is 0. The minimum Gasteiger partial charge on any atom is -0.340 e. The van der Waals surface area contributed by atoms with E-state index < -0.39 is 0 Å². The van der Waals surface area contributed by atoms with Gasteiger partial charge in [0.15, 0.2) is 5.82 Å². The first-order valence-electron chi connectivity index (χ1n) is 12.0. The number of hydroxylamine groups is 2. The summed E-state index contributed by atoms with van der Waals surface area (Å²) in [5.41, 5.74) is 1.72. The first-order chi connectivity index (χ1) is 16.9. The van der Waals surface area contributed by atoms with Gasteiger partial charge in [-0.15, -0.1) is 0 Å². The molecule has 3 aliphatic rings. The zero-order chi connectivity index (χ0) is 24.2. The molecule has 0 unspecified atom stereocenters. The molecular weight excluding hydrogens is 451 g/mol. The number of nitrogens with zero attached hydrogens (tertiary/aromatic N) is 8. The van der Waals surface area contributed by atoms with E-state index in [1.165, 1.54) is 17.5 Å². The fourth-order valence-corrected chi connectivity index (χ4v) is 5.39. The molecule has 1 aliphatic carbocycles. The molecule has 2 aliphatic heterocycles. The van der Waals surface area contributed by atoms with Crippen LogP contribution in [0, 0.1) is 24.1 Å². The largest absolute Gasteiger partial charge is 0.340 e. The fourth-order valence-electron chi connectivity index (χ4n) is 5.39. The number of pyridine rings is 1. The molecule has 0 aromatic carbocycles. The summed E-state index contributed by atoms with van der Waals surface area (Å²) < 4.78 is 15.9. The van der Waals surface area contributed by atoms with Crippen molar-refractivity contribution in [3.05, 3.63) is 47.9 Å². The van der Waals surface area contributed by atoms with E-state index in [2.05, 4.69) is 29.9 Å². The van der Waals surface area contributed by atoms with Crippen LogP contribution < -0.4 is 4.90 Å². The Bertz CT molecular complexity index is 1280. The Kier molecular flexibility index (Phi) is 5.24. The van der Waals surface area contributed by atoms with Crippen molar-refractivity contribution in [3.8, 4) is 11.5 Å². The molecule has 1 saturated carbocycles. The van der Waals surface area contributed by atoms with Crippen molar-refractivity contribution in [2.75, 3.05) is 24.6 Å². The van der Waals surface area contributed by atoms with Crippen LogP contribution in [-0.2, 0) is 16.7 Å². The zero-order valence-corrected chi connectivity index (χ0v) is 19.8. The molecular formula is C24H27FN8O2. The SMILES string of the molecule is Cc1ncc([C@@H]2CCON2C(=O)[C@@H]2CCN(c3ncnc(-c4ccnn4C)n3)CC23CC3)cc1F. The molecule has 3 fully saturated rings. The highest BCUT2D eigenvalue weighted by molar-refractivity contribution is 5.80. The quantitative estimate of drug-likeness (QED) is 0.564. The summed E-state index contributed by atoms with van der Waals surface area (Å²) in [7, 11) is 1.85. The second-order valence-electron chi connectivity index (χ2n) is 9.71. The van der Waals surface area contributed by atoms with Gasteiger partial charge in [-0.25, -0.2) is 19.4 Å². The van der Waals surface area contributed by atoms with Crippen LogP contribution in [0.1, 0.15) is 43.0 Å². The molecule has 10 nitrogen and oxygen atoms in total. The lowest BCUT2D eigenvalue weighted by molar-refractivity contribution is -0.185. The van der Waals surface area contributed by atoms with Crippen LogP contribution in [0.25, 0.3) is 11.5 Å². The first-order valence-corrected chi connectivity index (χ1v) is 12.0. The second-order valence-corrected chi connectivity index (χ2v) is 9.71. The van der Waals surface area contributed by atoms with Crippen molar-refractivity contribution < 1.29 is 14.0 Å². The van der Waals surface area contributed by atoms with E-state index in [0.29, 0.717) is 55.6 Å². The van der Waals surface area contributed by atoms with Crippen molar-refractivity contribution in [1.29, 1.82) is 0 Å². The van der Waals surface area contributed by atoms with Crippen LogP contribution in [0.2, 0.25) is 0 Å². The molecule has 1 amide bonds. The molecule has 35 heavy (non-hydrogen) atoms. The molecule has 2 atom stereocenters. The van der Waals surface area contributed by atoms with Crippen LogP contribution in [-0.4, -0.2) is 60.4 Å². The van der Waals surface area contributed by atoms with Crippen LogP contribution in [0.15, 0.2) is 30.9 Å². The normalized spacial score (nSPS) is 23.2. The summed E-state index contributed by atoms with van der Waals surface area (Å²) in [6.07, 6.45) is 8.14. The van der Waals surface area contributed by atoms with Gasteiger partial charge in [-0.3, -0.25) is 19.3 Å². The van der Waals surface area contributed by atoms with E-state index in [-0.39, 0.29) is 29.1 Å². The highest BCUT2D eigenvalue weighted by atomic mass is 19.1. The summed E-state index contributed by atoms with van der Waals surface area (Å²) in [5, 5.41) is 5.68. The van der Waals surface area contributed by atoms with E-state index in [0.717, 1.165) is 18.5 Å². The molecule has 3 aromatic rings. The van der Waals surface area contributed by atoms with Crippen molar-refractivity contribution in [2.24, 2.45) is 18.4 Å². The number of rotatable bonds is 4. The van der Waals surface area contributed by atoms with Crippen molar-refractivity contribution in [1.82, 2.24) is 34.8 Å². The molecule has 5 heterocycles. The van der Waals surface area contributed by atoms with Crippen LogP contribution in [0.5, 0.6) is 0 Å². The zero-order valence-electron chi connectivity index (χ0n) is 19.8. The van der Waals surface area contributed by atoms with Crippen molar-refractivity contribution >= 4 is 11.9 Å². The molecule has 3 aromatic heterocycles. The number of aromatic nitrogens is 6. The van der Waals surface area contributed by atoms with Gasteiger partial charge in [0, 0.05) is 44.9 Å². The minimum absolute atomic E-state index is 0.0168. The Morgan fingerprint density at radius 1 is 1.23 bits per heavy atom. The van der Waals surface area contributed by atoms with E-state index >= 15 is 0 Å². The average Bonchev–Trinajstić information content (AvgIpc) is 3.25. The van der Waals surface area contributed by atoms with E-state index in [1.807, 2.05) is 13.1 Å². The third-order valence-electron chi connectivity index (χ3n) is 7.57. The standard InChI is InChI=1S/C24H27FN8O2/c1-15-18(25)11-16(12-26-15)19-5-10-35-33(19)22(34)17-4-9-32(13-24(17)6-7-24)23-28-14-27-21(30-23)20-3-8-29-31(20)2/h3,8,11-12,14,17,19H,4-7,9-10,13H2,1-2H3/t17-,19-/m0/s1. The number of halogens is 1. The fraction of sp³-hybridized carbons (Fsp3) is 0.500. The van der Waals surface area contributed by atoms with Gasteiger partial charge in [0.1, 0.15) is 17.8 Å². The maximum atomic E-state index is 14.2. The lowest BCUT2D eigenvalue weighted by Gasteiger charge is -2.40. The van der Waals surface area contributed by atoms with E-state index in [1.54, 1.807) is 24.0 Å². The first kappa shape index (κ1) is 22.0. The topological polar surface area (TPSA) is 102 Å². The smallest absolute Gasteiger partial charge is 0.250 e. The third kappa shape index (κ3) is 3.83. The van der Waals surface area contributed by atoms with E-state index in [4.69, 9.17) is 4.84 Å². The molecule has 1 spiro atoms. The number of anilines is 1. The summed E-state index contributed by atoms with van der Waals surface area (Å²) in [6.45, 7) is 3.42. The minimum atomic E-state index is -0.364. The lowest BCUT2D eigenvalue weighted by Crippen LogP contribution is -2.49. The Balaban J connectivity index is 1.20. The highest BCUT2D eigenvalue weighted by Crippen LogP contribution is 2.57. The summed E-state index contributed by atoms with van der Waals surface area (Å²) in [6, 6.07) is 3.02. The van der Waals surface area contributed by atoms with Gasteiger partial charge in [-0.2, -0.15) is 10.1 Å².